The molecule has 3 nitrogen and oxygen atoms in total. The highest BCUT2D eigenvalue weighted by Crippen LogP contribution is 2.27. The molecule has 1 N–H and O–H groups in total. The number of benzene rings is 1. The highest BCUT2D eigenvalue weighted by Gasteiger charge is 2.13. The Morgan fingerprint density at radius 3 is 2.56 bits per heavy atom. The maximum atomic E-state index is 11.2. The molecule has 0 aliphatic carbocycles. The molecule has 0 fully saturated rings. The summed E-state index contributed by atoms with van der Waals surface area (Å²) in [6, 6.07) is 3.60. The van der Waals surface area contributed by atoms with Crippen molar-refractivity contribution in [3.63, 3.8) is 0 Å². The van der Waals surface area contributed by atoms with Crippen LogP contribution < -0.4 is 0 Å². The number of aromatic nitrogens is 1. The highest BCUT2D eigenvalue weighted by molar-refractivity contribution is 5.96. The Morgan fingerprint density at radius 1 is 1.28 bits per heavy atom. The molecule has 0 aliphatic heterocycles. The summed E-state index contributed by atoms with van der Waals surface area (Å²) in [5, 5.41) is 10.3. The number of aromatic carboxylic acids is 1. The Balaban J connectivity index is 2.76. The summed E-state index contributed by atoms with van der Waals surface area (Å²) < 4.78 is 2.12. The fourth-order valence-electron chi connectivity index (χ4n) is 2.59. The first-order valence-electron chi connectivity index (χ1n) is 6.42. The van der Waals surface area contributed by atoms with Gasteiger partial charge in [0.25, 0.3) is 0 Å². The van der Waals surface area contributed by atoms with Gasteiger partial charge in [0, 0.05) is 18.6 Å². The number of carbonyl (C=O) groups is 1. The van der Waals surface area contributed by atoms with Crippen LogP contribution in [0.5, 0.6) is 0 Å². The molecule has 0 saturated carbocycles. The van der Waals surface area contributed by atoms with Crippen LogP contribution >= 0.6 is 0 Å². The van der Waals surface area contributed by atoms with Gasteiger partial charge in [0.1, 0.15) is 0 Å². The standard InChI is InChI=1S/C15H19NO2/c1-4-6-11-9-16(3)14-10(5-2)7-12(15(17)18)8-13(11)14/h7-9H,4-6H2,1-3H3,(H,17,18). The molecule has 1 aromatic heterocycles. The van der Waals surface area contributed by atoms with E-state index in [1.165, 1.54) is 11.1 Å². The van der Waals surface area contributed by atoms with E-state index in [9.17, 15) is 9.90 Å². The third kappa shape index (κ3) is 2.01. The van der Waals surface area contributed by atoms with E-state index >= 15 is 0 Å². The summed E-state index contributed by atoms with van der Waals surface area (Å²) in [5.74, 6) is -0.849. The first kappa shape index (κ1) is 12.7. The lowest BCUT2D eigenvalue weighted by molar-refractivity contribution is 0.0697. The van der Waals surface area contributed by atoms with E-state index in [0.717, 1.165) is 30.2 Å². The maximum Gasteiger partial charge on any atom is 0.335 e. The van der Waals surface area contributed by atoms with Crippen LogP contribution in [0.2, 0.25) is 0 Å². The molecule has 0 bridgehead atoms. The average molecular weight is 245 g/mol. The van der Waals surface area contributed by atoms with E-state index in [4.69, 9.17) is 0 Å². The Labute approximate surface area is 107 Å². The molecule has 18 heavy (non-hydrogen) atoms. The average Bonchev–Trinajstić information content (AvgIpc) is 2.66. The van der Waals surface area contributed by atoms with E-state index < -0.39 is 5.97 Å². The van der Waals surface area contributed by atoms with E-state index in [0.29, 0.717) is 5.56 Å². The van der Waals surface area contributed by atoms with Crippen LogP contribution in [0.4, 0.5) is 0 Å². The molecule has 0 atom stereocenters. The Morgan fingerprint density at radius 2 is 2.00 bits per heavy atom. The summed E-state index contributed by atoms with van der Waals surface area (Å²) in [5.41, 5.74) is 3.91. The smallest absolute Gasteiger partial charge is 0.335 e. The monoisotopic (exact) mass is 245 g/mol. The second-order valence-corrected chi connectivity index (χ2v) is 4.71. The minimum Gasteiger partial charge on any atom is -0.478 e. The molecule has 2 rings (SSSR count). The lowest BCUT2D eigenvalue weighted by Gasteiger charge is -2.06. The number of fused-ring (bicyclic) bond motifs is 1. The van der Waals surface area contributed by atoms with Crippen molar-refractivity contribution in [1.82, 2.24) is 4.57 Å². The Bertz CT molecular complexity index is 596. The second-order valence-electron chi connectivity index (χ2n) is 4.71. The minimum atomic E-state index is -0.849. The van der Waals surface area contributed by atoms with Crippen LogP contribution in [0.3, 0.4) is 0 Å². The fraction of sp³-hybridized carbons (Fsp3) is 0.400. The number of carboxylic acids is 1. The third-order valence-corrected chi connectivity index (χ3v) is 3.38. The van der Waals surface area contributed by atoms with E-state index in [1.54, 1.807) is 6.07 Å². The molecule has 1 heterocycles. The second kappa shape index (κ2) is 4.84. The predicted octanol–water partition coefficient (Wildman–Crippen LogP) is 3.39. The molecule has 2 aromatic rings. The van der Waals surface area contributed by atoms with Crippen LogP contribution in [0.25, 0.3) is 10.9 Å². The van der Waals surface area contributed by atoms with Crippen molar-refractivity contribution in [1.29, 1.82) is 0 Å². The summed E-state index contributed by atoms with van der Waals surface area (Å²) >= 11 is 0. The van der Waals surface area contributed by atoms with Gasteiger partial charge in [-0.15, -0.1) is 0 Å². The molecule has 0 saturated heterocycles. The Hall–Kier alpha value is -1.77. The summed E-state index contributed by atoms with van der Waals surface area (Å²) in [6.45, 7) is 4.20. The molecule has 0 radical (unpaired) electrons. The van der Waals surface area contributed by atoms with Gasteiger partial charge in [-0.25, -0.2) is 4.79 Å². The molecule has 0 amide bonds. The van der Waals surface area contributed by atoms with Crippen LogP contribution in [0.15, 0.2) is 18.3 Å². The van der Waals surface area contributed by atoms with E-state index in [1.807, 2.05) is 13.1 Å². The van der Waals surface area contributed by atoms with Crippen molar-refractivity contribution in [3.05, 3.63) is 35.0 Å². The van der Waals surface area contributed by atoms with E-state index in [-0.39, 0.29) is 0 Å². The molecule has 1 aromatic carbocycles. The van der Waals surface area contributed by atoms with Crippen molar-refractivity contribution >= 4 is 16.9 Å². The molecule has 96 valence electrons. The number of nitrogens with zero attached hydrogens (tertiary/aromatic N) is 1. The molecular formula is C15H19NO2. The van der Waals surface area contributed by atoms with Gasteiger partial charge in [0.05, 0.1) is 11.1 Å². The van der Waals surface area contributed by atoms with Crippen molar-refractivity contribution < 1.29 is 9.90 Å². The number of hydrogen-bond acceptors (Lipinski definition) is 1. The van der Waals surface area contributed by atoms with Crippen molar-refractivity contribution in [3.8, 4) is 0 Å². The SMILES string of the molecule is CCCc1cn(C)c2c(CC)cc(C(=O)O)cc12. The summed E-state index contributed by atoms with van der Waals surface area (Å²) in [7, 11) is 2.03. The number of carboxylic acid groups (broad SMARTS) is 1. The summed E-state index contributed by atoms with van der Waals surface area (Å²) in [6.07, 6.45) is 5.03. The first-order chi connectivity index (χ1) is 8.58. The largest absolute Gasteiger partial charge is 0.478 e. The van der Waals surface area contributed by atoms with Gasteiger partial charge in [0.2, 0.25) is 0 Å². The Kier molecular flexibility index (Phi) is 3.41. The van der Waals surface area contributed by atoms with Gasteiger partial charge in [-0.05, 0) is 36.1 Å². The van der Waals surface area contributed by atoms with Gasteiger partial charge in [-0.3, -0.25) is 0 Å². The highest BCUT2D eigenvalue weighted by atomic mass is 16.4. The lowest BCUT2D eigenvalue weighted by Crippen LogP contribution is -1.99. The predicted molar refractivity (Wildman–Crippen MR) is 73.3 cm³/mol. The lowest BCUT2D eigenvalue weighted by atomic mass is 10.0. The normalized spacial score (nSPS) is 11.1. The maximum absolute atomic E-state index is 11.2. The van der Waals surface area contributed by atoms with Crippen LogP contribution in [0.1, 0.15) is 41.8 Å². The third-order valence-electron chi connectivity index (χ3n) is 3.38. The molecule has 0 spiro atoms. The van der Waals surface area contributed by atoms with Crippen molar-refractivity contribution in [2.24, 2.45) is 7.05 Å². The van der Waals surface area contributed by atoms with Gasteiger partial charge < -0.3 is 9.67 Å². The quantitative estimate of drug-likeness (QED) is 0.897. The molecule has 3 heteroatoms. The first-order valence-corrected chi connectivity index (χ1v) is 6.42. The van der Waals surface area contributed by atoms with Crippen molar-refractivity contribution in [2.75, 3.05) is 0 Å². The van der Waals surface area contributed by atoms with Crippen LogP contribution in [-0.4, -0.2) is 15.6 Å². The van der Waals surface area contributed by atoms with E-state index in [2.05, 4.69) is 24.6 Å². The zero-order chi connectivity index (χ0) is 13.3. The van der Waals surface area contributed by atoms with Gasteiger partial charge >= 0.3 is 5.97 Å². The van der Waals surface area contributed by atoms with Crippen LogP contribution in [0, 0.1) is 0 Å². The summed E-state index contributed by atoms with van der Waals surface area (Å²) in [4.78, 5) is 11.2. The molecule has 0 aliphatic rings. The number of rotatable bonds is 4. The zero-order valence-corrected chi connectivity index (χ0v) is 11.2. The van der Waals surface area contributed by atoms with Gasteiger partial charge in [-0.1, -0.05) is 20.3 Å². The molecule has 0 unspecified atom stereocenters. The zero-order valence-electron chi connectivity index (χ0n) is 11.2. The topological polar surface area (TPSA) is 42.2 Å². The fourth-order valence-corrected chi connectivity index (χ4v) is 2.59. The van der Waals surface area contributed by atoms with Gasteiger partial charge in [-0.2, -0.15) is 0 Å². The molecular weight excluding hydrogens is 226 g/mol. The number of aryl methyl sites for hydroxylation is 3. The number of hydrogen-bond donors (Lipinski definition) is 1. The van der Waals surface area contributed by atoms with Gasteiger partial charge in [0.15, 0.2) is 0 Å². The minimum absolute atomic E-state index is 0.392. The van der Waals surface area contributed by atoms with Crippen molar-refractivity contribution in [2.45, 2.75) is 33.1 Å². The van der Waals surface area contributed by atoms with Crippen LogP contribution in [-0.2, 0) is 19.9 Å².